The van der Waals surface area contributed by atoms with Gasteiger partial charge in [0.05, 0.1) is 21.8 Å². The van der Waals surface area contributed by atoms with Crippen molar-refractivity contribution in [3.63, 3.8) is 0 Å². The Morgan fingerprint density at radius 3 is 2.95 bits per heavy atom. The third-order valence-electron chi connectivity index (χ3n) is 4.59. The summed E-state index contributed by atoms with van der Waals surface area (Å²) in [5, 5.41) is 1.58. The van der Waals surface area contributed by atoms with Gasteiger partial charge >= 0.3 is 0 Å². The summed E-state index contributed by atoms with van der Waals surface area (Å²) >= 11 is 7.60. The minimum Gasteiger partial charge on any atom is -0.327 e. The first-order valence-electron chi connectivity index (χ1n) is 7.45. The molecule has 0 aromatic carbocycles. The van der Waals surface area contributed by atoms with E-state index < -0.39 is 0 Å². The molecule has 6 heteroatoms. The molecule has 1 amide bonds. The van der Waals surface area contributed by atoms with Crippen molar-refractivity contribution in [3.8, 4) is 0 Å². The largest absolute Gasteiger partial charge is 0.327 e. The number of rotatable bonds is 1. The van der Waals surface area contributed by atoms with Gasteiger partial charge in [0.2, 0.25) is 0 Å². The highest BCUT2D eigenvalue weighted by atomic mass is 35.5. The number of carbonyl (C=O) groups excluding carboxylic acids is 1. The van der Waals surface area contributed by atoms with Crippen LogP contribution in [0.4, 0.5) is 0 Å². The van der Waals surface area contributed by atoms with E-state index in [0.29, 0.717) is 5.02 Å². The molecule has 4 rings (SSSR count). The van der Waals surface area contributed by atoms with Crippen LogP contribution in [0.25, 0.3) is 0 Å². The van der Waals surface area contributed by atoms with Crippen molar-refractivity contribution in [2.75, 3.05) is 0 Å². The number of fused-ring (bicyclic) bond motifs is 4. The third kappa shape index (κ3) is 2.07. The summed E-state index contributed by atoms with van der Waals surface area (Å²) in [5.41, 5.74) is 3.05. The fourth-order valence-corrected chi connectivity index (χ4v) is 4.74. The van der Waals surface area contributed by atoms with Crippen LogP contribution < -0.4 is 0 Å². The number of halogens is 1. The molecule has 22 heavy (non-hydrogen) atoms. The maximum Gasteiger partial charge on any atom is 0.266 e. The van der Waals surface area contributed by atoms with Crippen LogP contribution in [0.15, 0.2) is 12.3 Å². The van der Waals surface area contributed by atoms with Crippen molar-refractivity contribution < 1.29 is 4.79 Å². The number of amides is 1. The molecule has 0 unspecified atom stereocenters. The summed E-state index contributed by atoms with van der Waals surface area (Å²) in [6.45, 7) is 3.85. The zero-order valence-electron chi connectivity index (χ0n) is 12.5. The topological polar surface area (TPSA) is 46.1 Å². The highest BCUT2D eigenvalue weighted by molar-refractivity contribution is 7.13. The Morgan fingerprint density at radius 1 is 1.41 bits per heavy atom. The summed E-state index contributed by atoms with van der Waals surface area (Å²) in [4.78, 5) is 24.7. The molecule has 2 atom stereocenters. The Labute approximate surface area is 138 Å². The van der Waals surface area contributed by atoms with Crippen molar-refractivity contribution >= 4 is 28.8 Å². The normalized spacial score (nSPS) is 22.8. The lowest BCUT2D eigenvalue weighted by atomic mass is 9.97. The van der Waals surface area contributed by atoms with Crippen molar-refractivity contribution in [2.45, 2.75) is 45.2 Å². The zero-order chi connectivity index (χ0) is 15.4. The molecule has 2 aliphatic rings. The standard InChI is InChI=1S/C16H16ClN3OS/c1-8-15(22-9(2)19-8)16(21)20-11-3-4-14(20)12-5-10(17)7-18-13(12)6-11/h5,7,11,14H,3-4,6H2,1-2H3/t11-,14+/m1/s1. The number of hydrogen-bond acceptors (Lipinski definition) is 4. The molecular weight excluding hydrogens is 318 g/mol. The van der Waals surface area contributed by atoms with Crippen molar-refractivity contribution in [1.29, 1.82) is 0 Å². The lowest BCUT2D eigenvalue weighted by Gasteiger charge is -2.35. The maximum atomic E-state index is 13.0. The van der Waals surface area contributed by atoms with Gasteiger partial charge in [-0.3, -0.25) is 9.78 Å². The van der Waals surface area contributed by atoms with E-state index in [9.17, 15) is 4.79 Å². The summed E-state index contributed by atoms with van der Waals surface area (Å²) in [6.07, 6.45) is 4.54. The second kappa shape index (κ2) is 5.03. The lowest BCUT2D eigenvalue weighted by molar-refractivity contribution is 0.0648. The second-order valence-corrected chi connectivity index (χ2v) is 7.64. The molecule has 2 aromatic heterocycles. The van der Waals surface area contributed by atoms with E-state index in [2.05, 4.69) is 9.97 Å². The monoisotopic (exact) mass is 333 g/mol. The van der Waals surface area contributed by atoms with Crippen molar-refractivity contribution in [3.05, 3.63) is 44.1 Å². The molecule has 2 aliphatic heterocycles. The average molecular weight is 334 g/mol. The molecular formula is C16H16ClN3OS. The number of hydrogen-bond donors (Lipinski definition) is 0. The van der Waals surface area contributed by atoms with E-state index in [1.54, 1.807) is 6.20 Å². The fraction of sp³-hybridized carbons (Fsp3) is 0.438. The minimum atomic E-state index is 0.106. The van der Waals surface area contributed by atoms with E-state index in [1.165, 1.54) is 11.3 Å². The summed E-state index contributed by atoms with van der Waals surface area (Å²) in [5.74, 6) is 0.112. The van der Waals surface area contributed by atoms with Gasteiger partial charge in [-0.05, 0) is 38.3 Å². The van der Waals surface area contributed by atoms with Gasteiger partial charge in [0.1, 0.15) is 4.88 Å². The molecule has 2 aromatic rings. The van der Waals surface area contributed by atoms with Crippen LogP contribution in [0.3, 0.4) is 0 Å². The van der Waals surface area contributed by atoms with Crippen LogP contribution in [0.1, 0.15) is 50.5 Å². The smallest absolute Gasteiger partial charge is 0.266 e. The fourth-order valence-electron chi connectivity index (χ4n) is 3.71. The Kier molecular flexibility index (Phi) is 3.24. The Hall–Kier alpha value is -1.46. The molecule has 0 N–H and O–H groups in total. The van der Waals surface area contributed by atoms with E-state index >= 15 is 0 Å². The maximum absolute atomic E-state index is 13.0. The molecule has 0 aliphatic carbocycles. The van der Waals surface area contributed by atoms with Crippen LogP contribution in [0.5, 0.6) is 0 Å². The summed E-state index contributed by atoms with van der Waals surface area (Å²) in [7, 11) is 0. The van der Waals surface area contributed by atoms with Gasteiger partial charge < -0.3 is 4.90 Å². The van der Waals surface area contributed by atoms with E-state index in [-0.39, 0.29) is 18.0 Å². The van der Waals surface area contributed by atoms with E-state index in [1.807, 2.05) is 24.8 Å². The van der Waals surface area contributed by atoms with Crippen molar-refractivity contribution in [2.24, 2.45) is 0 Å². The number of aromatic nitrogens is 2. The first-order valence-corrected chi connectivity index (χ1v) is 8.65. The van der Waals surface area contributed by atoms with Crippen LogP contribution in [-0.4, -0.2) is 26.8 Å². The Morgan fingerprint density at radius 2 is 2.23 bits per heavy atom. The first-order chi connectivity index (χ1) is 10.5. The number of thiazole rings is 1. The molecule has 1 saturated heterocycles. The molecule has 2 bridgehead atoms. The summed E-state index contributed by atoms with van der Waals surface area (Å²) < 4.78 is 0. The molecule has 4 nitrogen and oxygen atoms in total. The summed E-state index contributed by atoms with van der Waals surface area (Å²) in [6, 6.07) is 2.33. The third-order valence-corrected chi connectivity index (χ3v) is 5.86. The second-order valence-electron chi connectivity index (χ2n) is 6.00. The SMILES string of the molecule is Cc1nc(C)c(C(=O)N2[C@@H]3CC[C@H]2c2cc(Cl)cnc2C3)s1. The number of pyridine rings is 1. The molecule has 0 saturated carbocycles. The van der Waals surface area contributed by atoms with Gasteiger partial charge in [-0.15, -0.1) is 11.3 Å². The molecule has 4 heterocycles. The Balaban J connectivity index is 1.75. The van der Waals surface area contributed by atoms with Crippen LogP contribution in [0.2, 0.25) is 5.02 Å². The minimum absolute atomic E-state index is 0.106. The molecule has 0 spiro atoms. The van der Waals surface area contributed by atoms with Crippen LogP contribution in [-0.2, 0) is 6.42 Å². The van der Waals surface area contributed by atoms with Crippen LogP contribution in [0, 0.1) is 13.8 Å². The highest BCUT2D eigenvalue weighted by Crippen LogP contribution is 2.44. The predicted molar refractivity (Wildman–Crippen MR) is 86.5 cm³/mol. The quantitative estimate of drug-likeness (QED) is 0.799. The zero-order valence-corrected chi connectivity index (χ0v) is 14.0. The van der Waals surface area contributed by atoms with E-state index in [0.717, 1.165) is 46.1 Å². The van der Waals surface area contributed by atoms with Crippen LogP contribution >= 0.6 is 22.9 Å². The molecule has 0 radical (unpaired) electrons. The number of nitrogens with zero attached hydrogens (tertiary/aromatic N) is 3. The predicted octanol–water partition coefficient (Wildman–Crippen LogP) is 3.71. The number of aryl methyl sites for hydroxylation is 2. The van der Waals surface area contributed by atoms with Gasteiger partial charge in [-0.25, -0.2) is 4.98 Å². The average Bonchev–Trinajstić information content (AvgIpc) is 2.98. The van der Waals surface area contributed by atoms with Crippen molar-refractivity contribution in [1.82, 2.24) is 14.9 Å². The molecule has 1 fully saturated rings. The van der Waals surface area contributed by atoms with Gasteiger partial charge in [0.25, 0.3) is 5.91 Å². The van der Waals surface area contributed by atoms with Gasteiger partial charge in [0, 0.05) is 24.4 Å². The van der Waals surface area contributed by atoms with Gasteiger partial charge in [-0.2, -0.15) is 0 Å². The highest BCUT2D eigenvalue weighted by Gasteiger charge is 2.44. The first kappa shape index (κ1) is 14.2. The molecule has 114 valence electrons. The van der Waals surface area contributed by atoms with Gasteiger partial charge in [0.15, 0.2) is 0 Å². The number of carbonyl (C=O) groups is 1. The Bertz CT molecular complexity index is 773. The van der Waals surface area contributed by atoms with E-state index in [4.69, 9.17) is 11.6 Å². The lowest BCUT2D eigenvalue weighted by Crippen LogP contribution is -2.42. The van der Waals surface area contributed by atoms with Gasteiger partial charge in [-0.1, -0.05) is 11.6 Å².